The number of rotatable bonds is 3. The Morgan fingerprint density at radius 1 is 1.21 bits per heavy atom. The van der Waals surface area contributed by atoms with E-state index in [-0.39, 0.29) is 30.7 Å². The lowest BCUT2D eigenvalue weighted by Crippen LogP contribution is -2.40. The van der Waals surface area contributed by atoms with Crippen LogP contribution in [0.25, 0.3) is 5.70 Å². The summed E-state index contributed by atoms with van der Waals surface area (Å²) in [6, 6.07) is -0.0474. The van der Waals surface area contributed by atoms with Gasteiger partial charge >= 0.3 is 0 Å². The van der Waals surface area contributed by atoms with Crippen molar-refractivity contribution < 1.29 is 8.78 Å². The number of aliphatic imine (C=N–C) groups is 1. The third-order valence-electron chi connectivity index (χ3n) is 6.13. The SMILES string of the molecule is C=C1NC([C@@H]2CC[C@H]2c2csc(Cl)n2)=Nc2c1cnn2C1CCC(F)(F)CC1. The molecular formula is C19H20ClF2N5S. The Kier molecular flexibility index (Phi) is 4.32. The van der Waals surface area contributed by atoms with Gasteiger partial charge in [0.25, 0.3) is 0 Å². The maximum Gasteiger partial charge on any atom is 0.248 e. The second-order valence-electron chi connectivity index (χ2n) is 7.83. The molecule has 2 saturated carbocycles. The lowest BCUT2D eigenvalue weighted by atomic mass is 9.71. The first-order valence-corrected chi connectivity index (χ1v) is 10.8. The van der Waals surface area contributed by atoms with Crippen LogP contribution in [0.4, 0.5) is 14.6 Å². The summed E-state index contributed by atoms with van der Waals surface area (Å²) in [6.07, 6.45) is 4.41. The van der Waals surface area contributed by atoms with Gasteiger partial charge in [0, 0.05) is 35.8 Å². The largest absolute Gasteiger partial charge is 0.343 e. The van der Waals surface area contributed by atoms with Crippen molar-refractivity contribution in [2.75, 3.05) is 0 Å². The van der Waals surface area contributed by atoms with E-state index in [2.05, 4.69) is 22.0 Å². The minimum Gasteiger partial charge on any atom is -0.343 e. The van der Waals surface area contributed by atoms with Gasteiger partial charge in [0.1, 0.15) is 5.84 Å². The molecule has 0 aromatic carbocycles. The maximum atomic E-state index is 13.6. The minimum absolute atomic E-state index is 0.0474. The highest BCUT2D eigenvalue weighted by atomic mass is 35.5. The Morgan fingerprint density at radius 2 is 1.96 bits per heavy atom. The molecule has 28 heavy (non-hydrogen) atoms. The van der Waals surface area contributed by atoms with E-state index in [0.29, 0.717) is 17.3 Å². The highest BCUT2D eigenvalue weighted by molar-refractivity contribution is 7.13. The maximum absolute atomic E-state index is 13.6. The van der Waals surface area contributed by atoms with Gasteiger partial charge in [-0.2, -0.15) is 5.10 Å². The summed E-state index contributed by atoms with van der Waals surface area (Å²) in [5.41, 5.74) is 2.61. The zero-order valence-corrected chi connectivity index (χ0v) is 16.7. The third kappa shape index (κ3) is 3.06. The quantitative estimate of drug-likeness (QED) is 0.705. The number of alkyl halides is 2. The van der Waals surface area contributed by atoms with Crippen molar-refractivity contribution in [3.63, 3.8) is 0 Å². The fourth-order valence-electron chi connectivity index (χ4n) is 4.37. The molecule has 2 fully saturated rings. The molecule has 0 radical (unpaired) electrons. The van der Waals surface area contributed by atoms with Crippen LogP contribution in [0.15, 0.2) is 23.1 Å². The molecule has 0 spiro atoms. The monoisotopic (exact) mass is 423 g/mol. The molecule has 5 rings (SSSR count). The van der Waals surface area contributed by atoms with Crippen molar-refractivity contribution in [2.24, 2.45) is 10.9 Å². The van der Waals surface area contributed by atoms with E-state index in [1.54, 1.807) is 6.20 Å². The van der Waals surface area contributed by atoms with E-state index >= 15 is 0 Å². The van der Waals surface area contributed by atoms with Crippen molar-refractivity contribution in [2.45, 2.75) is 56.4 Å². The van der Waals surface area contributed by atoms with Crippen LogP contribution < -0.4 is 5.32 Å². The first-order valence-electron chi connectivity index (χ1n) is 9.52. The molecule has 5 nitrogen and oxygen atoms in total. The molecule has 2 aliphatic carbocycles. The van der Waals surface area contributed by atoms with Crippen molar-refractivity contribution in [3.05, 3.63) is 33.9 Å². The fraction of sp³-hybridized carbons (Fsp3) is 0.526. The van der Waals surface area contributed by atoms with E-state index in [1.165, 1.54) is 11.3 Å². The molecular weight excluding hydrogens is 404 g/mol. The van der Waals surface area contributed by atoms with Crippen LogP contribution >= 0.6 is 22.9 Å². The van der Waals surface area contributed by atoms with Gasteiger partial charge in [-0.3, -0.25) is 0 Å². The minimum atomic E-state index is -2.56. The van der Waals surface area contributed by atoms with E-state index in [0.717, 1.165) is 41.4 Å². The Labute approximate surface area is 170 Å². The van der Waals surface area contributed by atoms with Crippen molar-refractivity contribution >= 4 is 40.3 Å². The van der Waals surface area contributed by atoms with E-state index in [9.17, 15) is 8.78 Å². The van der Waals surface area contributed by atoms with Crippen LogP contribution in [-0.2, 0) is 0 Å². The molecule has 1 aliphatic heterocycles. The summed E-state index contributed by atoms with van der Waals surface area (Å²) in [5.74, 6) is -0.454. The van der Waals surface area contributed by atoms with Gasteiger partial charge in [-0.25, -0.2) is 23.4 Å². The summed E-state index contributed by atoms with van der Waals surface area (Å²) in [7, 11) is 0. The van der Waals surface area contributed by atoms with E-state index in [4.69, 9.17) is 16.6 Å². The van der Waals surface area contributed by atoms with Crippen LogP contribution in [0.3, 0.4) is 0 Å². The predicted molar refractivity (Wildman–Crippen MR) is 107 cm³/mol. The Bertz CT molecular complexity index is 955. The second kappa shape index (κ2) is 6.62. The highest BCUT2D eigenvalue weighted by Gasteiger charge is 2.40. The lowest BCUT2D eigenvalue weighted by molar-refractivity contribution is -0.0448. The smallest absolute Gasteiger partial charge is 0.248 e. The molecule has 3 aliphatic rings. The molecule has 0 bridgehead atoms. The number of halogens is 3. The molecule has 0 unspecified atom stereocenters. The fourth-order valence-corrected chi connectivity index (χ4v) is 5.21. The number of aromatic nitrogens is 3. The topological polar surface area (TPSA) is 55.1 Å². The number of thiazole rings is 1. The van der Waals surface area contributed by atoms with E-state index in [1.807, 2.05) is 10.1 Å². The third-order valence-corrected chi connectivity index (χ3v) is 7.13. The van der Waals surface area contributed by atoms with Crippen LogP contribution in [0.2, 0.25) is 4.47 Å². The molecule has 2 aromatic rings. The second-order valence-corrected chi connectivity index (χ2v) is 9.27. The van der Waals surface area contributed by atoms with Gasteiger partial charge in [0.15, 0.2) is 10.3 Å². The molecule has 148 valence electrons. The number of fused-ring (bicyclic) bond motifs is 1. The molecule has 1 N–H and O–H groups in total. The summed E-state index contributed by atoms with van der Waals surface area (Å²) in [4.78, 5) is 9.30. The molecule has 0 saturated heterocycles. The summed E-state index contributed by atoms with van der Waals surface area (Å²) >= 11 is 7.45. The van der Waals surface area contributed by atoms with Crippen LogP contribution in [-0.4, -0.2) is 26.5 Å². The predicted octanol–water partition coefficient (Wildman–Crippen LogP) is 5.54. The number of hydrogen-bond acceptors (Lipinski definition) is 5. The van der Waals surface area contributed by atoms with Crippen molar-refractivity contribution in [1.82, 2.24) is 20.1 Å². The molecule has 9 heteroatoms. The van der Waals surface area contributed by atoms with Gasteiger partial charge in [-0.1, -0.05) is 18.2 Å². The number of amidine groups is 1. The first kappa shape index (κ1) is 18.2. The van der Waals surface area contributed by atoms with Crippen LogP contribution in [0, 0.1) is 5.92 Å². The van der Waals surface area contributed by atoms with Crippen LogP contribution in [0.5, 0.6) is 0 Å². The lowest BCUT2D eigenvalue weighted by Gasteiger charge is -2.38. The van der Waals surface area contributed by atoms with E-state index < -0.39 is 5.92 Å². The van der Waals surface area contributed by atoms with Gasteiger partial charge in [-0.05, 0) is 25.7 Å². The molecule has 2 aromatic heterocycles. The number of nitrogens with zero attached hydrogens (tertiary/aromatic N) is 4. The summed E-state index contributed by atoms with van der Waals surface area (Å²) in [5, 5.41) is 9.82. The average molecular weight is 424 g/mol. The van der Waals surface area contributed by atoms with Crippen molar-refractivity contribution in [3.8, 4) is 0 Å². The number of hydrogen-bond donors (Lipinski definition) is 1. The Balaban J connectivity index is 1.43. The number of nitrogens with one attached hydrogen (secondary N) is 1. The van der Waals surface area contributed by atoms with Gasteiger partial charge in [0.2, 0.25) is 5.92 Å². The Morgan fingerprint density at radius 3 is 2.61 bits per heavy atom. The normalized spacial score (nSPS) is 27.0. The summed E-state index contributed by atoms with van der Waals surface area (Å²) in [6.45, 7) is 4.13. The standard InChI is InChI=1S/C19H20ClF2N5S/c1-10-14-8-23-27(11-4-6-19(21,22)7-5-11)17(14)26-16(24-10)13-3-2-12(13)15-9-28-18(20)25-15/h8-9,11-13H,1-7H2,(H,24,26)/t12-,13-/m1/s1. The highest BCUT2D eigenvalue weighted by Crippen LogP contribution is 2.46. The Hall–Kier alpha value is -1.80. The van der Waals surface area contributed by atoms with Gasteiger partial charge < -0.3 is 5.32 Å². The summed E-state index contributed by atoms with van der Waals surface area (Å²) < 4.78 is 29.5. The molecule has 3 heterocycles. The van der Waals surface area contributed by atoms with Gasteiger partial charge in [-0.15, -0.1) is 11.3 Å². The van der Waals surface area contributed by atoms with Gasteiger partial charge in [0.05, 0.1) is 23.5 Å². The molecule has 2 atom stereocenters. The first-order chi connectivity index (χ1) is 13.4. The van der Waals surface area contributed by atoms with Crippen molar-refractivity contribution in [1.29, 1.82) is 0 Å². The molecule has 0 amide bonds. The average Bonchev–Trinajstić information content (AvgIpc) is 3.21. The zero-order chi connectivity index (χ0) is 19.5. The van der Waals surface area contributed by atoms with Crippen LogP contribution in [0.1, 0.15) is 61.7 Å². The zero-order valence-electron chi connectivity index (χ0n) is 15.2.